The molecule has 0 unspecified atom stereocenters. The summed E-state index contributed by atoms with van der Waals surface area (Å²) in [5, 5.41) is 0. The van der Waals surface area contributed by atoms with Crippen molar-refractivity contribution in [3.63, 3.8) is 0 Å². The highest BCUT2D eigenvalue weighted by atomic mass is 15.1. The smallest absolute Gasteiger partial charge is 0.0549 e. The van der Waals surface area contributed by atoms with Crippen LogP contribution in [-0.2, 0) is 0 Å². The molecule has 0 aliphatic heterocycles. The van der Waals surface area contributed by atoms with Crippen molar-refractivity contribution in [3.8, 4) is 0 Å². The first-order chi connectivity index (χ1) is 7.84. The number of hydrogen-bond donors (Lipinski definition) is 0. The van der Waals surface area contributed by atoms with Crippen LogP contribution in [0, 0.1) is 13.1 Å². The number of hydrogen-bond acceptors (Lipinski definition) is 1. The summed E-state index contributed by atoms with van der Waals surface area (Å²) in [7, 11) is 2.04. The minimum absolute atomic E-state index is 1.21. The van der Waals surface area contributed by atoms with E-state index in [1.807, 2.05) is 43.4 Å². The molecular weight excluding hydrogens is 194 g/mol. The van der Waals surface area contributed by atoms with Crippen LogP contribution in [0.5, 0.6) is 0 Å². The Hall–Kier alpha value is -1.60. The second-order valence-corrected chi connectivity index (χ2v) is 3.75. The van der Waals surface area contributed by atoms with Gasteiger partial charge in [0.05, 0.1) is 13.1 Å². The van der Waals surface area contributed by atoms with Crippen LogP contribution in [-0.4, -0.2) is 11.9 Å². The molecule has 0 spiro atoms. The normalized spacial score (nSPS) is 10.6. The van der Waals surface area contributed by atoms with Gasteiger partial charge in [-0.15, -0.1) is 0 Å². The van der Waals surface area contributed by atoms with Gasteiger partial charge in [0.15, 0.2) is 0 Å². The van der Waals surface area contributed by atoms with Gasteiger partial charge in [0.1, 0.15) is 0 Å². The van der Waals surface area contributed by atoms with E-state index in [0.29, 0.717) is 0 Å². The van der Waals surface area contributed by atoms with Crippen LogP contribution in [0.1, 0.15) is 11.1 Å². The summed E-state index contributed by atoms with van der Waals surface area (Å²) in [4.78, 5) is 2.07. The lowest BCUT2D eigenvalue weighted by atomic mass is 10.2. The van der Waals surface area contributed by atoms with Crippen molar-refractivity contribution < 1.29 is 0 Å². The van der Waals surface area contributed by atoms with Gasteiger partial charge in [0.25, 0.3) is 0 Å². The first-order valence-corrected chi connectivity index (χ1v) is 5.36. The molecule has 80 valence electrons. The Morgan fingerprint density at radius 1 is 0.688 bits per heavy atom. The molecule has 0 aliphatic carbocycles. The Balaban J connectivity index is 1.92. The molecule has 2 radical (unpaired) electrons. The number of rotatable bonds is 4. The van der Waals surface area contributed by atoms with Crippen LogP contribution >= 0.6 is 0 Å². The molecule has 2 aromatic carbocycles. The average Bonchev–Trinajstić information content (AvgIpc) is 2.31. The summed E-state index contributed by atoms with van der Waals surface area (Å²) in [6.45, 7) is 4.21. The predicted octanol–water partition coefficient (Wildman–Crippen LogP) is 3.34. The summed E-state index contributed by atoms with van der Waals surface area (Å²) >= 11 is 0. The fraction of sp³-hybridized carbons (Fsp3) is 0.0667. The zero-order valence-corrected chi connectivity index (χ0v) is 9.38. The van der Waals surface area contributed by atoms with Crippen molar-refractivity contribution in [3.05, 3.63) is 84.9 Å². The third kappa shape index (κ3) is 3.21. The van der Waals surface area contributed by atoms with Gasteiger partial charge >= 0.3 is 0 Å². The lowest BCUT2D eigenvalue weighted by Crippen LogP contribution is -2.12. The lowest BCUT2D eigenvalue weighted by Gasteiger charge is -2.15. The van der Waals surface area contributed by atoms with E-state index in [1.165, 1.54) is 11.1 Å². The van der Waals surface area contributed by atoms with Gasteiger partial charge in [-0.25, -0.2) is 0 Å². The average molecular weight is 209 g/mol. The van der Waals surface area contributed by atoms with E-state index >= 15 is 0 Å². The molecule has 16 heavy (non-hydrogen) atoms. The summed E-state index contributed by atoms with van der Waals surface area (Å²) in [6, 6.07) is 20.6. The molecule has 0 saturated carbocycles. The molecular formula is C15H15N. The van der Waals surface area contributed by atoms with Gasteiger partial charge in [0, 0.05) is 0 Å². The Morgan fingerprint density at radius 3 is 1.44 bits per heavy atom. The fourth-order valence-corrected chi connectivity index (χ4v) is 1.59. The molecule has 2 rings (SSSR count). The minimum Gasteiger partial charge on any atom is -0.289 e. The maximum atomic E-state index is 2.10. The Morgan fingerprint density at radius 2 is 1.06 bits per heavy atom. The second-order valence-electron chi connectivity index (χ2n) is 3.75. The molecule has 0 bridgehead atoms. The van der Waals surface area contributed by atoms with Gasteiger partial charge in [-0.2, -0.15) is 0 Å². The van der Waals surface area contributed by atoms with Crippen molar-refractivity contribution in [1.82, 2.24) is 4.90 Å². The maximum absolute atomic E-state index is 2.10. The van der Waals surface area contributed by atoms with Crippen LogP contribution in [0.3, 0.4) is 0 Å². The second kappa shape index (κ2) is 5.47. The van der Waals surface area contributed by atoms with Gasteiger partial charge < -0.3 is 0 Å². The molecule has 0 atom stereocenters. The molecule has 0 N–H and O–H groups in total. The van der Waals surface area contributed by atoms with Crippen LogP contribution in [0.2, 0.25) is 0 Å². The molecule has 0 fully saturated rings. The molecule has 0 saturated heterocycles. The summed E-state index contributed by atoms with van der Waals surface area (Å²) in [5.74, 6) is 0. The van der Waals surface area contributed by atoms with E-state index in [1.54, 1.807) is 0 Å². The first-order valence-electron chi connectivity index (χ1n) is 5.36. The van der Waals surface area contributed by atoms with E-state index in [-0.39, 0.29) is 0 Å². The highest BCUT2D eigenvalue weighted by Crippen LogP contribution is 2.10. The zero-order chi connectivity index (χ0) is 11.2. The largest absolute Gasteiger partial charge is 0.289 e. The summed E-state index contributed by atoms with van der Waals surface area (Å²) < 4.78 is 0. The monoisotopic (exact) mass is 209 g/mol. The number of nitrogens with zero attached hydrogens (tertiary/aromatic N) is 1. The molecule has 1 nitrogen and oxygen atoms in total. The van der Waals surface area contributed by atoms with Gasteiger partial charge in [-0.3, -0.25) is 4.90 Å². The molecule has 0 aliphatic rings. The molecule has 2 aromatic rings. The van der Waals surface area contributed by atoms with Crippen LogP contribution in [0.4, 0.5) is 0 Å². The quantitative estimate of drug-likeness (QED) is 0.746. The van der Waals surface area contributed by atoms with E-state index in [9.17, 15) is 0 Å². The van der Waals surface area contributed by atoms with Crippen molar-refractivity contribution >= 4 is 0 Å². The van der Waals surface area contributed by atoms with Gasteiger partial charge in [0.2, 0.25) is 0 Å². The molecule has 0 aromatic heterocycles. The minimum atomic E-state index is 1.21. The molecule has 0 heterocycles. The van der Waals surface area contributed by atoms with Crippen molar-refractivity contribution in [2.75, 3.05) is 7.05 Å². The SMILES string of the molecule is CN([CH]c1ccccc1)[CH]c1ccccc1. The van der Waals surface area contributed by atoms with Crippen LogP contribution in [0.15, 0.2) is 60.7 Å². The highest BCUT2D eigenvalue weighted by Gasteiger charge is 2.01. The topological polar surface area (TPSA) is 3.24 Å². The third-order valence-electron chi connectivity index (χ3n) is 2.30. The Bertz CT molecular complexity index is 366. The van der Waals surface area contributed by atoms with E-state index in [4.69, 9.17) is 0 Å². The van der Waals surface area contributed by atoms with Crippen LogP contribution in [0.25, 0.3) is 0 Å². The van der Waals surface area contributed by atoms with Gasteiger partial charge in [-0.05, 0) is 18.2 Å². The fourth-order valence-electron chi connectivity index (χ4n) is 1.59. The van der Waals surface area contributed by atoms with Crippen molar-refractivity contribution in [2.45, 2.75) is 0 Å². The highest BCUT2D eigenvalue weighted by molar-refractivity contribution is 5.26. The maximum Gasteiger partial charge on any atom is 0.0549 e. The Kier molecular flexibility index (Phi) is 3.73. The third-order valence-corrected chi connectivity index (χ3v) is 2.30. The standard InChI is InChI=1S/C15H15N/c1-16(12-14-8-4-2-5-9-14)13-15-10-6-3-7-11-15/h2-13H,1H3. The first kappa shape index (κ1) is 10.9. The molecule has 1 heteroatoms. The van der Waals surface area contributed by atoms with E-state index in [2.05, 4.69) is 42.3 Å². The van der Waals surface area contributed by atoms with Gasteiger partial charge in [-0.1, -0.05) is 60.7 Å². The zero-order valence-electron chi connectivity index (χ0n) is 9.38. The molecule has 0 amide bonds. The van der Waals surface area contributed by atoms with Crippen LogP contribution < -0.4 is 0 Å². The lowest BCUT2D eigenvalue weighted by molar-refractivity contribution is 0.526. The number of benzene rings is 2. The Labute approximate surface area is 97.3 Å². The van der Waals surface area contributed by atoms with Crippen molar-refractivity contribution in [2.24, 2.45) is 0 Å². The summed E-state index contributed by atoms with van der Waals surface area (Å²) in [5.41, 5.74) is 2.41. The van der Waals surface area contributed by atoms with Crippen molar-refractivity contribution in [1.29, 1.82) is 0 Å². The van der Waals surface area contributed by atoms with E-state index < -0.39 is 0 Å². The van der Waals surface area contributed by atoms with E-state index in [0.717, 1.165) is 0 Å². The summed E-state index contributed by atoms with van der Waals surface area (Å²) in [6.07, 6.45) is 0. The predicted molar refractivity (Wildman–Crippen MR) is 67.5 cm³/mol.